The third-order valence-corrected chi connectivity index (χ3v) is 2.59. The number of aliphatic hydroxyl groups is 1. The summed E-state index contributed by atoms with van der Waals surface area (Å²) in [5.41, 5.74) is 0.804. The lowest BCUT2D eigenvalue weighted by atomic mass is 10.1. The Hall–Kier alpha value is -2.68. The molecule has 0 heterocycles. The Kier molecular flexibility index (Phi) is 6.08. The normalized spacial score (nSPS) is 11.5. The van der Waals surface area contributed by atoms with Gasteiger partial charge in [-0.05, 0) is 12.0 Å². The SMILES string of the molecule is O=C(NCCc1ccc([N+](=O)[O-])cc1)NCC(O)C(=O)O. The maximum absolute atomic E-state index is 11.3. The highest BCUT2D eigenvalue weighted by molar-refractivity contribution is 5.76. The van der Waals surface area contributed by atoms with Crippen LogP contribution in [-0.4, -0.2) is 46.3 Å². The van der Waals surface area contributed by atoms with Crippen LogP contribution in [0.5, 0.6) is 0 Å². The highest BCUT2D eigenvalue weighted by Gasteiger charge is 2.13. The molecule has 9 nitrogen and oxygen atoms in total. The Balaban J connectivity index is 2.28. The van der Waals surface area contributed by atoms with Crippen LogP contribution >= 0.6 is 0 Å². The molecule has 0 aromatic heterocycles. The van der Waals surface area contributed by atoms with Gasteiger partial charge in [0, 0.05) is 18.7 Å². The quantitative estimate of drug-likeness (QED) is 0.408. The second-order valence-electron chi connectivity index (χ2n) is 4.16. The standard InChI is InChI=1S/C12H15N3O6/c16-10(11(17)18)7-14-12(19)13-6-5-8-1-3-9(4-2-8)15(20)21/h1-4,10,16H,5-7H2,(H,17,18)(H2,13,14,19). The molecule has 0 fully saturated rings. The van der Waals surface area contributed by atoms with E-state index in [-0.39, 0.29) is 12.2 Å². The first-order valence-corrected chi connectivity index (χ1v) is 6.06. The van der Waals surface area contributed by atoms with Crippen molar-refractivity contribution in [1.29, 1.82) is 0 Å². The van der Waals surface area contributed by atoms with E-state index in [0.29, 0.717) is 6.42 Å². The number of nitrogens with zero attached hydrogens (tertiary/aromatic N) is 1. The van der Waals surface area contributed by atoms with Crippen LogP contribution in [0.4, 0.5) is 10.5 Å². The summed E-state index contributed by atoms with van der Waals surface area (Å²) in [6, 6.07) is 5.33. The van der Waals surface area contributed by atoms with Gasteiger partial charge < -0.3 is 20.8 Å². The van der Waals surface area contributed by atoms with Crippen molar-refractivity contribution in [1.82, 2.24) is 10.6 Å². The Bertz CT molecular complexity index is 516. The zero-order chi connectivity index (χ0) is 15.8. The van der Waals surface area contributed by atoms with Gasteiger partial charge in [-0.2, -0.15) is 0 Å². The lowest BCUT2D eigenvalue weighted by Gasteiger charge is -2.09. The molecule has 21 heavy (non-hydrogen) atoms. The Labute approximate surface area is 119 Å². The smallest absolute Gasteiger partial charge is 0.334 e. The molecule has 0 spiro atoms. The number of carbonyl (C=O) groups is 2. The van der Waals surface area contributed by atoms with E-state index in [2.05, 4.69) is 10.6 Å². The maximum Gasteiger partial charge on any atom is 0.334 e. The number of rotatable bonds is 7. The molecule has 1 unspecified atom stereocenters. The second-order valence-corrected chi connectivity index (χ2v) is 4.16. The molecular weight excluding hydrogens is 282 g/mol. The maximum atomic E-state index is 11.3. The van der Waals surface area contributed by atoms with Gasteiger partial charge in [0.05, 0.1) is 11.5 Å². The lowest BCUT2D eigenvalue weighted by Crippen LogP contribution is -2.42. The highest BCUT2D eigenvalue weighted by atomic mass is 16.6. The average molecular weight is 297 g/mol. The van der Waals surface area contributed by atoms with Crippen molar-refractivity contribution < 1.29 is 24.7 Å². The van der Waals surface area contributed by atoms with Gasteiger partial charge in [-0.1, -0.05) is 12.1 Å². The third kappa shape index (κ3) is 5.87. The van der Waals surface area contributed by atoms with Crippen molar-refractivity contribution in [3.63, 3.8) is 0 Å². The number of nitro groups is 1. The molecule has 2 amide bonds. The van der Waals surface area contributed by atoms with Crippen LogP contribution in [0.1, 0.15) is 5.56 Å². The number of carbonyl (C=O) groups excluding carboxylic acids is 1. The van der Waals surface area contributed by atoms with Crippen molar-refractivity contribution in [2.75, 3.05) is 13.1 Å². The molecule has 0 saturated carbocycles. The van der Waals surface area contributed by atoms with Gasteiger partial charge in [0.15, 0.2) is 6.10 Å². The fraction of sp³-hybridized carbons (Fsp3) is 0.333. The predicted molar refractivity (Wildman–Crippen MR) is 71.8 cm³/mol. The first-order valence-electron chi connectivity index (χ1n) is 6.06. The Morgan fingerprint density at radius 2 is 1.86 bits per heavy atom. The van der Waals surface area contributed by atoms with Crippen molar-refractivity contribution in [2.45, 2.75) is 12.5 Å². The second kappa shape index (κ2) is 7.80. The van der Waals surface area contributed by atoms with Crippen LogP contribution in [0.15, 0.2) is 24.3 Å². The molecule has 0 aliphatic carbocycles. The lowest BCUT2D eigenvalue weighted by molar-refractivity contribution is -0.384. The fourth-order valence-corrected chi connectivity index (χ4v) is 1.44. The summed E-state index contributed by atoms with van der Waals surface area (Å²) in [5, 5.41) is 32.5. The molecule has 114 valence electrons. The van der Waals surface area contributed by atoms with E-state index in [9.17, 15) is 19.7 Å². The molecule has 4 N–H and O–H groups in total. The molecule has 1 atom stereocenters. The van der Waals surface area contributed by atoms with Crippen LogP contribution in [0.3, 0.4) is 0 Å². The van der Waals surface area contributed by atoms with Crippen LogP contribution in [0.25, 0.3) is 0 Å². The van der Waals surface area contributed by atoms with E-state index >= 15 is 0 Å². The number of carboxylic acids is 1. The molecule has 0 aliphatic heterocycles. The zero-order valence-corrected chi connectivity index (χ0v) is 11.0. The molecular formula is C12H15N3O6. The minimum atomic E-state index is -1.65. The highest BCUT2D eigenvalue weighted by Crippen LogP contribution is 2.11. The summed E-state index contributed by atoms with van der Waals surface area (Å²) in [4.78, 5) is 31.6. The molecule has 0 aliphatic rings. The van der Waals surface area contributed by atoms with Gasteiger partial charge in [0.25, 0.3) is 5.69 Å². The van der Waals surface area contributed by atoms with Gasteiger partial charge in [-0.15, -0.1) is 0 Å². The van der Waals surface area contributed by atoms with Crippen molar-refractivity contribution >= 4 is 17.7 Å². The number of nitro benzene ring substituents is 1. The van der Waals surface area contributed by atoms with E-state index in [1.165, 1.54) is 12.1 Å². The molecule has 1 aromatic carbocycles. The van der Waals surface area contributed by atoms with Gasteiger partial charge in [-0.25, -0.2) is 9.59 Å². The number of amides is 2. The fourth-order valence-electron chi connectivity index (χ4n) is 1.44. The number of benzene rings is 1. The summed E-state index contributed by atoms with van der Waals surface area (Å²) in [6.07, 6.45) is -1.18. The van der Waals surface area contributed by atoms with E-state index in [1.54, 1.807) is 12.1 Å². The van der Waals surface area contributed by atoms with Crippen LogP contribution < -0.4 is 10.6 Å². The number of carboxylic acid groups (broad SMARTS) is 1. The number of hydrogen-bond donors (Lipinski definition) is 4. The largest absolute Gasteiger partial charge is 0.479 e. The van der Waals surface area contributed by atoms with Crippen LogP contribution in [-0.2, 0) is 11.2 Å². The molecule has 0 radical (unpaired) electrons. The van der Waals surface area contributed by atoms with Gasteiger partial charge in [0.1, 0.15) is 0 Å². The minimum absolute atomic E-state index is 0.00731. The summed E-state index contributed by atoms with van der Waals surface area (Å²) in [6.45, 7) is -0.120. The summed E-state index contributed by atoms with van der Waals surface area (Å²) >= 11 is 0. The Morgan fingerprint density at radius 3 is 2.38 bits per heavy atom. The predicted octanol–water partition coefficient (Wildman–Crippen LogP) is -0.118. The summed E-state index contributed by atoms with van der Waals surface area (Å²) < 4.78 is 0. The van der Waals surface area contributed by atoms with E-state index < -0.39 is 29.6 Å². The molecule has 1 aromatic rings. The van der Waals surface area contributed by atoms with Gasteiger partial charge in [-0.3, -0.25) is 10.1 Å². The van der Waals surface area contributed by atoms with E-state index in [4.69, 9.17) is 10.2 Å². The first-order chi connectivity index (χ1) is 9.90. The number of aliphatic carboxylic acids is 1. The third-order valence-electron chi connectivity index (χ3n) is 2.59. The van der Waals surface area contributed by atoms with E-state index in [0.717, 1.165) is 5.56 Å². The van der Waals surface area contributed by atoms with Crippen molar-refractivity contribution in [3.8, 4) is 0 Å². The molecule has 1 rings (SSSR count). The van der Waals surface area contributed by atoms with Crippen LogP contribution in [0.2, 0.25) is 0 Å². The molecule has 0 saturated heterocycles. The summed E-state index contributed by atoms with van der Waals surface area (Å²) in [5.74, 6) is -1.42. The van der Waals surface area contributed by atoms with Gasteiger partial charge in [0.2, 0.25) is 0 Å². The number of hydrogen-bond acceptors (Lipinski definition) is 5. The van der Waals surface area contributed by atoms with Crippen LogP contribution in [0, 0.1) is 10.1 Å². The number of nitrogens with one attached hydrogen (secondary N) is 2. The monoisotopic (exact) mass is 297 g/mol. The van der Waals surface area contributed by atoms with Crippen molar-refractivity contribution in [2.24, 2.45) is 0 Å². The number of urea groups is 1. The number of aliphatic hydroxyl groups excluding tert-OH is 1. The summed E-state index contributed by atoms with van der Waals surface area (Å²) in [7, 11) is 0. The average Bonchev–Trinajstić information content (AvgIpc) is 2.45. The first kappa shape index (κ1) is 16.4. The number of non-ortho nitro benzene ring substituents is 1. The van der Waals surface area contributed by atoms with Gasteiger partial charge >= 0.3 is 12.0 Å². The van der Waals surface area contributed by atoms with Crippen molar-refractivity contribution in [3.05, 3.63) is 39.9 Å². The molecule has 9 heteroatoms. The molecule has 0 bridgehead atoms. The van der Waals surface area contributed by atoms with E-state index in [1.807, 2.05) is 0 Å². The minimum Gasteiger partial charge on any atom is -0.479 e. The Morgan fingerprint density at radius 1 is 1.24 bits per heavy atom. The topological polar surface area (TPSA) is 142 Å². The zero-order valence-electron chi connectivity index (χ0n) is 11.0.